The molecule has 0 amide bonds. The van der Waals surface area contributed by atoms with E-state index < -0.39 is 5.97 Å². The van der Waals surface area contributed by atoms with Crippen molar-refractivity contribution in [3.63, 3.8) is 0 Å². The molecule has 0 bridgehead atoms. The van der Waals surface area contributed by atoms with Gasteiger partial charge in [-0.2, -0.15) is 0 Å². The summed E-state index contributed by atoms with van der Waals surface area (Å²) in [4.78, 5) is 16.0. The molecule has 3 aromatic rings. The summed E-state index contributed by atoms with van der Waals surface area (Å²) in [5.74, 6) is 0.966. The van der Waals surface area contributed by atoms with E-state index in [1.54, 1.807) is 13.0 Å². The van der Waals surface area contributed by atoms with Gasteiger partial charge in [-0.3, -0.25) is 0 Å². The van der Waals surface area contributed by atoms with Crippen molar-refractivity contribution in [1.29, 1.82) is 0 Å². The number of aromatic nitrogens is 1. The molecule has 0 aliphatic heterocycles. The van der Waals surface area contributed by atoms with Gasteiger partial charge in [0, 0.05) is 12.0 Å². The summed E-state index contributed by atoms with van der Waals surface area (Å²) in [6, 6.07) is 13.6. The first-order chi connectivity index (χ1) is 14.9. The molecule has 0 atom stereocenters. The highest BCUT2D eigenvalue weighted by Gasteiger charge is 2.13. The molecule has 0 saturated carbocycles. The fourth-order valence-electron chi connectivity index (χ4n) is 3.33. The van der Waals surface area contributed by atoms with E-state index in [-0.39, 0.29) is 5.76 Å². The zero-order valence-corrected chi connectivity index (χ0v) is 18.3. The van der Waals surface area contributed by atoms with Crippen molar-refractivity contribution in [2.24, 2.45) is 0 Å². The summed E-state index contributed by atoms with van der Waals surface area (Å²) >= 11 is 0. The highest BCUT2D eigenvalue weighted by molar-refractivity contribution is 5.90. The molecule has 31 heavy (non-hydrogen) atoms. The number of carbonyl (C=O) groups is 1. The number of nitrogens with zero attached hydrogens (tertiary/aromatic N) is 1. The first kappa shape index (κ1) is 22.2. The molecule has 6 nitrogen and oxygen atoms in total. The maximum absolute atomic E-state index is 11.3. The molecule has 0 unspecified atom stereocenters. The molecule has 1 N–H and O–H groups in total. The van der Waals surface area contributed by atoms with Crippen molar-refractivity contribution in [3.05, 3.63) is 76.4 Å². The molecule has 162 valence electrons. The number of benzene rings is 2. The van der Waals surface area contributed by atoms with Crippen LogP contribution in [0.1, 0.15) is 35.1 Å². The molecular formula is C25H27NO5. The van der Waals surface area contributed by atoms with Crippen LogP contribution in [0.15, 0.2) is 52.6 Å². The van der Waals surface area contributed by atoms with Crippen molar-refractivity contribution < 1.29 is 23.8 Å². The Morgan fingerprint density at radius 1 is 1.13 bits per heavy atom. The minimum atomic E-state index is -1.08. The highest BCUT2D eigenvalue weighted by Crippen LogP contribution is 2.25. The van der Waals surface area contributed by atoms with Crippen LogP contribution < -0.4 is 4.74 Å². The number of aryl methyl sites for hydroxylation is 3. The number of aliphatic carboxylic acids is 1. The lowest BCUT2D eigenvalue weighted by Gasteiger charge is -2.12. The highest BCUT2D eigenvalue weighted by atomic mass is 16.5. The second kappa shape index (κ2) is 9.98. The predicted molar refractivity (Wildman–Crippen MR) is 119 cm³/mol. The minimum absolute atomic E-state index is 0.0712. The number of rotatable bonds is 9. The van der Waals surface area contributed by atoms with Crippen LogP contribution in [-0.4, -0.2) is 29.3 Å². The number of hydrogen-bond acceptors (Lipinski definition) is 5. The van der Waals surface area contributed by atoms with Crippen molar-refractivity contribution >= 4 is 12.0 Å². The fourth-order valence-corrected chi connectivity index (χ4v) is 3.33. The average molecular weight is 421 g/mol. The van der Waals surface area contributed by atoms with E-state index in [0.717, 1.165) is 39.5 Å². The first-order valence-corrected chi connectivity index (χ1v) is 10.2. The van der Waals surface area contributed by atoms with E-state index in [2.05, 4.69) is 4.98 Å². The van der Waals surface area contributed by atoms with E-state index in [0.29, 0.717) is 25.5 Å². The van der Waals surface area contributed by atoms with Crippen LogP contribution >= 0.6 is 0 Å². The predicted octanol–water partition coefficient (Wildman–Crippen LogP) is 5.35. The minimum Gasteiger partial charge on any atom is -0.493 e. The van der Waals surface area contributed by atoms with E-state index in [9.17, 15) is 9.90 Å². The topological polar surface area (TPSA) is 81.8 Å². The maximum Gasteiger partial charge on any atom is 0.371 e. The summed E-state index contributed by atoms with van der Waals surface area (Å²) in [6.07, 6.45) is 2.18. The summed E-state index contributed by atoms with van der Waals surface area (Å²) in [7, 11) is 0. The van der Waals surface area contributed by atoms with Gasteiger partial charge in [-0.25, -0.2) is 9.78 Å². The van der Waals surface area contributed by atoms with E-state index in [1.165, 1.54) is 0 Å². The van der Waals surface area contributed by atoms with E-state index >= 15 is 0 Å². The third-order valence-electron chi connectivity index (χ3n) is 4.87. The van der Waals surface area contributed by atoms with Gasteiger partial charge < -0.3 is 19.0 Å². The lowest BCUT2D eigenvalue weighted by molar-refractivity contribution is -0.136. The van der Waals surface area contributed by atoms with Crippen LogP contribution in [0.5, 0.6) is 5.75 Å². The Kier molecular flexibility index (Phi) is 7.13. The third-order valence-corrected chi connectivity index (χ3v) is 4.87. The Morgan fingerprint density at radius 3 is 2.42 bits per heavy atom. The van der Waals surface area contributed by atoms with Gasteiger partial charge in [0.05, 0.1) is 18.9 Å². The van der Waals surface area contributed by atoms with Crippen molar-refractivity contribution in [2.45, 2.75) is 34.1 Å². The molecule has 2 aromatic carbocycles. The van der Waals surface area contributed by atoms with Crippen molar-refractivity contribution in [1.82, 2.24) is 4.98 Å². The summed E-state index contributed by atoms with van der Waals surface area (Å²) in [6.45, 7) is 8.26. The average Bonchev–Trinajstić information content (AvgIpc) is 3.11. The van der Waals surface area contributed by atoms with Crippen LogP contribution in [0.25, 0.3) is 17.5 Å². The van der Waals surface area contributed by atoms with Crippen LogP contribution in [0.4, 0.5) is 0 Å². The van der Waals surface area contributed by atoms with Gasteiger partial charge in [-0.15, -0.1) is 0 Å². The van der Waals surface area contributed by atoms with Gasteiger partial charge in [0.15, 0.2) is 0 Å². The number of carboxylic acids is 1. The van der Waals surface area contributed by atoms with Crippen molar-refractivity contribution in [2.75, 3.05) is 13.2 Å². The molecule has 0 saturated heterocycles. The molecule has 0 fully saturated rings. The largest absolute Gasteiger partial charge is 0.493 e. The summed E-state index contributed by atoms with van der Waals surface area (Å²) in [5.41, 5.74) is 4.46. The van der Waals surface area contributed by atoms with Gasteiger partial charge in [0.25, 0.3) is 0 Å². The second-order valence-electron chi connectivity index (χ2n) is 7.20. The molecule has 1 heterocycles. The smallest absolute Gasteiger partial charge is 0.371 e. The standard InChI is InChI=1S/C25H27NO5/c1-5-29-23(25(27)28)15-21-16(2)13-20(14-17(21)3)30-12-11-22-18(4)31-24(26-22)19-9-7-6-8-10-19/h6-10,13-15H,5,11-12H2,1-4H3,(H,27,28). The van der Waals surface area contributed by atoms with Gasteiger partial charge in [-0.1, -0.05) is 18.2 Å². The number of oxazole rings is 1. The van der Waals surface area contributed by atoms with Crippen LogP contribution in [0, 0.1) is 20.8 Å². The van der Waals surface area contributed by atoms with Gasteiger partial charge in [-0.05, 0) is 74.7 Å². The van der Waals surface area contributed by atoms with Crippen molar-refractivity contribution in [3.8, 4) is 17.2 Å². The molecule has 0 aliphatic rings. The zero-order valence-electron chi connectivity index (χ0n) is 18.3. The Labute approximate surface area is 182 Å². The number of ether oxygens (including phenoxy) is 2. The molecule has 1 aromatic heterocycles. The first-order valence-electron chi connectivity index (χ1n) is 10.2. The monoisotopic (exact) mass is 421 g/mol. The number of hydrogen-bond donors (Lipinski definition) is 1. The lowest BCUT2D eigenvalue weighted by Crippen LogP contribution is -2.06. The van der Waals surface area contributed by atoms with Crippen LogP contribution in [0.2, 0.25) is 0 Å². The normalized spacial score (nSPS) is 11.4. The Morgan fingerprint density at radius 2 is 1.81 bits per heavy atom. The Hall–Kier alpha value is -3.54. The maximum atomic E-state index is 11.3. The van der Waals surface area contributed by atoms with E-state index in [1.807, 2.05) is 63.2 Å². The van der Waals surface area contributed by atoms with Gasteiger partial charge in [0.2, 0.25) is 11.6 Å². The molecule has 6 heteroatoms. The number of carboxylic acid groups (broad SMARTS) is 1. The molecular weight excluding hydrogens is 394 g/mol. The van der Waals surface area contributed by atoms with Gasteiger partial charge in [0.1, 0.15) is 11.5 Å². The SMILES string of the molecule is CCOC(=Cc1c(C)cc(OCCc2nc(-c3ccccc3)oc2C)cc1C)C(=O)O. The quantitative estimate of drug-likeness (QED) is 0.370. The Bertz CT molecular complexity index is 1060. The summed E-state index contributed by atoms with van der Waals surface area (Å²) < 4.78 is 17.0. The molecule has 3 rings (SSSR count). The second-order valence-corrected chi connectivity index (χ2v) is 7.20. The zero-order chi connectivity index (χ0) is 22.4. The van der Waals surface area contributed by atoms with Crippen LogP contribution in [0.3, 0.4) is 0 Å². The molecule has 0 spiro atoms. The lowest BCUT2D eigenvalue weighted by atomic mass is 10.0. The molecule has 0 aliphatic carbocycles. The van der Waals surface area contributed by atoms with Gasteiger partial charge >= 0.3 is 5.97 Å². The molecule has 0 radical (unpaired) electrons. The third kappa shape index (κ3) is 5.54. The van der Waals surface area contributed by atoms with E-state index in [4.69, 9.17) is 13.9 Å². The van der Waals surface area contributed by atoms with Crippen LogP contribution in [-0.2, 0) is 16.0 Å². The fraction of sp³-hybridized carbons (Fsp3) is 0.280. The summed E-state index contributed by atoms with van der Waals surface area (Å²) in [5, 5.41) is 9.29. The Balaban J connectivity index is 1.69.